The maximum atomic E-state index is 10.9. The number of phenols is 1. The van der Waals surface area contributed by atoms with E-state index in [0.717, 1.165) is 30.3 Å². The molecule has 0 aliphatic carbocycles. The van der Waals surface area contributed by atoms with Crippen molar-refractivity contribution in [3.05, 3.63) is 23.3 Å². The fraction of sp³-hybridized carbons (Fsp3) is 0.700. The molecular formula is C20H33NO. The first-order valence-corrected chi connectivity index (χ1v) is 8.63. The highest BCUT2D eigenvalue weighted by Gasteiger charge is 2.27. The Hall–Kier alpha value is -1.18. The Kier molecular flexibility index (Phi) is 4.52. The lowest BCUT2D eigenvalue weighted by molar-refractivity contribution is 0.419. The lowest BCUT2D eigenvalue weighted by atomic mass is 9.79. The standard InChI is InChI=1S/C20H33NO/c1-14-8-10-21(11-9-14)17-13-15(19(2,3)4)12-16(18(17)22)20(5,6)7/h12-14,22H,8-11H2,1-7H3. The summed E-state index contributed by atoms with van der Waals surface area (Å²) < 4.78 is 0. The second-order valence-corrected chi connectivity index (χ2v) is 9.06. The normalized spacial score (nSPS) is 17.9. The summed E-state index contributed by atoms with van der Waals surface area (Å²) in [4.78, 5) is 2.37. The van der Waals surface area contributed by atoms with Crippen molar-refractivity contribution in [3.8, 4) is 5.75 Å². The molecule has 22 heavy (non-hydrogen) atoms. The van der Waals surface area contributed by atoms with Crippen molar-refractivity contribution in [2.75, 3.05) is 18.0 Å². The van der Waals surface area contributed by atoms with Crippen LogP contribution in [0.3, 0.4) is 0 Å². The monoisotopic (exact) mass is 303 g/mol. The number of hydrogen-bond donors (Lipinski definition) is 1. The van der Waals surface area contributed by atoms with Crippen molar-refractivity contribution in [3.63, 3.8) is 0 Å². The van der Waals surface area contributed by atoms with Gasteiger partial charge >= 0.3 is 0 Å². The molecule has 0 aromatic heterocycles. The van der Waals surface area contributed by atoms with E-state index in [0.29, 0.717) is 5.75 Å². The van der Waals surface area contributed by atoms with Gasteiger partial charge in [0.05, 0.1) is 5.69 Å². The molecule has 1 N–H and O–H groups in total. The Labute approximate surface area is 136 Å². The molecule has 2 heteroatoms. The first-order valence-electron chi connectivity index (χ1n) is 8.63. The number of nitrogens with zero attached hydrogens (tertiary/aromatic N) is 1. The number of piperidine rings is 1. The second kappa shape index (κ2) is 5.79. The first-order chi connectivity index (χ1) is 10.00. The fourth-order valence-corrected chi connectivity index (χ4v) is 3.11. The Morgan fingerprint density at radius 1 is 0.955 bits per heavy atom. The molecule has 1 heterocycles. The van der Waals surface area contributed by atoms with Crippen LogP contribution in [0.25, 0.3) is 0 Å². The van der Waals surface area contributed by atoms with E-state index < -0.39 is 0 Å². The molecule has 0 radical (unpaired) electrons. The van der Waals surface area contributed by atoms with E-state index in [1.807, 2.05) is 0 Å². The molecule has 1 fully saturated rings. The number of hydrogen-bond acceptors (Lipinski definition) is 2. The smallest absolute Gasteiger partial charge is 0.142 e. The van der Waals surface area contributed by atoms with Crippen LogP contribution < -0.4 is 4.90 Å². The van der Waals surface area contributed by atoms with Gasteiger partial charge in [0.25, 0.3) is 0 Å². The number of rotatable bonds is 1. The first kappa shape index (κ1) is 17.2. The van der Waals surface area contributed by atoms with Crippen LogP contribution in [0, 0.1) is 5.92 Å². The Morgan fingerprint density at radius 2 is 1.50 bits per heavy atom. The van der Waals surface area contributed by atoms with Crippen LogP contribution in [0.2, 0.25) is 0 Å². The summed E-state index contributed by atoms with van der Waals surface area (Å²) in [7, 11) is 0. The average Bonchev–Trinajstić information content (AvgIpc) is 2.37. The summed E-state index contributed by atoms with van der Waals surface area (Å²) in [6, 6.07) is 4.41. The van der Waals surface area contributed by atoms with Gasteiger partial charge in [-0.3, -0.25) is 0 Å². The number of phenolic OH excluding ortho intramolecular Hbond substituents is 1. The third-order valence-corrected chi connectivity index (χ3v) is 4.89. The second-order valence-electron chi connectivity index (χ2n) is 9.06. The lowest BCUT2D eigenvalue weighted by Gasteiger charge is -2.35. The minimum atomic E-state index is -0.0524. The van der Waals surface area contributed by atoms with Crippen molar-refractivity contribution >= 4 is 5.69 Å². The zero-order chi connectivity index (χ0) is 16.7. The SMILES string of the molecule is CC1CCN(c2cc(C(C)(C)C)cc(C(C)(C)C)c2O)CC1. The third kappa shape index (κ3) is 3.59. The third-order valence-electron chi connectivity index (χ3n) is 4.89. The van der Waals surface area contributed by atoms with Gasteiger partial charge in [0, 0.05) is 18.7 Å². The van der Waals surface area contributed by atoms with Gasteiger partial charge < -0.3 is 10.0 Å². The predicted octanol–water partition coefficient (Wildman–Crippen LogP) is 5.22. The Balaban J connectivity index is 2.52. The van der Waals surface area contributed by atoms with Crippen LogP contribution in [-0.4, -0.2) is 18.2 Å². The maximum Gasteiger partial charge on any atom is 0.142 e. The molecule has 1 aromatic rings. The molecule has 1 aromatic carbocycles. The highest BCUT2D eigenvalue weighted by Crippen LogP contribution is 2.42. The van der Waals surface area contributed by atoms with E-state index in [1.54, 1.807) is 0 Å². The van der Waals surface area contributed by atoms with E-state index in [-0.39, 0.29) is 10.8 Å². The van der Waals surface area contributed by atoms with Crippen molar-refractivity contribution < 1.29 is 5.11 Å². The average molecular weight is 303 g/mol. The predicted molar refractivity (Wildman–Crippen MR) is 96.1 cm³/mol. The van der Waals surface area contributed by atoms with Crippen molar-refractivity contribution in [2.24, 2.45) is 5.92 Å². The van der Waals surface area contributed by atoms with E-state index in [9.17, 15) is 5.11 Å². The van der Waals surface area contributed by atoms with Crippen LogP contribution in [0.5, 0.6) is 5.75 Å². The number of aromatic hydroxyl groups is 1. The summed E-state index contributed by atoms with van der Waals surface area (Å²) in [6.45, 7) is 17.7. The molecule has 2 rings (SSSR count). The van der Waals surface area contributed by atoms with Crippen LogP contribution in [0.15, 0.2) is 12.1 Å². The summed E-state index contributed by atoms with van der Waals surface area (Å²) in [5, 5.41) is 10.9. The summed E-state index contributed by atoms with van der Waals surface area (Å²) >= 11 is 0. The number of anilines is 1. The quantitative estimate of drug-likeness (QED) is 0.768. The van der Waals surface area contributed by atoms with Gasteiger partial charge in [0.1, 0.15) is 5.75 Å². The van der Waals surface area contributed by atoms with Crippen LogP contribution in [0.1, 0.15) is 72.4 Å². The summed E-state index contributed by atoms with van der Waals surface area (Å²) in [6.07, 6.45) is 2.42. The molecule has 1 aliphatic rings. The van der Waals surface area contributed by atoms with E-state index in [1.165, 1.54) is 18.4 Å². The molecule has 124 valence electrons. The van der Waals surface area contributed by atoms with E-state index >= 15 is 0 Å². The van der Waals surface area contributed by atoms with Gasteiger partial charge in [-0.25, -0.2) is 0 Å². The highest BCUT2D eigenvalue weighted by atomic mass is 16.3. The van der Waals surface area contributed by atoms with E-state index in [4.69, 9.17) is 0 Å². The van der Waals surface area contributed by atoms with Crippen LogP contribution >= 0.6 is 0 Å². The van der Waals surface area contributed by atoms with Gasteiger partial charge in [0.2, 0.25) is 0 Å². The van der Waals surface area contributed by atoms with Gasteiger partial charge in [-0.1, -0.05) is 54.5 Å². The summed E-state index contributed by atoms with van der Waals surface area (Å²) in [5.74, 6) is 1.28. The van der Waals surface area contributed by atoms with Gasteiger partial charge in [-0.05, 0) is 41.2 Å². The van der Waals surface area contributed by atoms with E-state index in [2.05, 4.69) is 65.5 Å². The molecule has 0 amide bonds. The molecule has 1 saturated heterocycles. The summed E-state index contributed by atoms with van der Waals surface area (Å²) in [5.41, 5.74) is 3.44. The van der Waals surface area contributed by atoms with Gasteiger partial charge in [-0.15, -0.1) is 0 Å². The molecule has 0 bridgehead atoms. The molecule has 2 nitrogen and oxygen atoms in total. The van der Waals surface area contributed by atoms with Crippen molar-refractivity contribution in [1.29, 1.82) is 0 Å². The zero-order valence-corrected chi connectivity index (χ0v) is 15.5. The Morgan fingerprint density at radius 3 is 1.95 bits per heavy atom. The largest absolute Gasteiger partial charge is 0.505 e. The van der Waals surface area contributed by atoms with Gasteiger partial charge in [0.15, 0.2) is 0 Å². The topological polar surface area (TPSA) is 23.5 Å². The van der Waals surface area contributed by atoms with Crippen LogP contribution in [0.4, 0.5) is 5.69 Å². The van der Waals surface area contributed by atoms with Crippen molar-refractivity contribution in [2.45, 2.75) is 72.1 Å². The molecule has 1 aliphatic heterocycles. The number of benzene rings is 1. The molecule has 0 saturated carbocycles. The molecule has 0 unspecified atom stereocenters. The fourth-order valence-electron chi connectivity index (χ4n) is 3.11. The molecular weight excluding hydrogens is 270 g/mol. The molecule has 0 atom stereocenters. The Bertz CT molecular complexity index is 526. The minimum Gasteiger partial charge on any atom is -0.505 e. The zero-order valence-electron chi connectivity index (χ0n) is 15.5. The maximum absolute atomic E-state index is 10.9. The van der Waals surface area contributed by atoms with Crippen molar-refractivity contribution in [1.82, 2.24) is 0 Å². The lowest BCUT2D eigenvalue weighted by Crippen LogP contribution is -2.33. The highest BCUT2D eigenvalue weighted by molar-refractivity contribution is 5.65. The minimum absolute atomic E-state index is 0.0524. The molecule has 0 spiro atoms. The van der Waals surface area contributed by atoms with Crippen LogP contribution in [-0.2, 0) is 10.8 Å². The van der Waals surface area contributed by atoms with Gasteiger partial charge in [-0.2, -0.15) is 0 Å².